The summed E-state index contributed by atoms with van der Waals surface area (Å²) in [6, 6.07) is 0. The van der Waals surface area contributed by atoms with Gasteiger partial charge in [-0.25, -0.2) is 0 Å². The molecule has 0 radical (unpaired) electrons. The van der Waals surface area contributed by atoms with Crippen LogP contribution in [-0.4, -0.2) is 25.8 Å². The molecule has 0 heterocycles. The van der Waals surface area contributed by atoms with Gasteiger partial charge < -0.3 is 10.1 Å². The van der Waals surface area contributed by atoms with Crippen LogP contribution in [0.2, 0.25) is 0 Å². The minimum absolute atomic E-state index is 0.554. The van der Waals surface area contributed by atoms with E-state index in [1.807, 2.05) is 0 Å². The van der Waals surface area contributed by atoms with Crippen LogP contribution in [0.15, 0.2) is 12.2 Å². The van der Waals surface area contributed by atoms with Crippen molar-refractivity contribution >= 4 is 0 Å². The van der Waals surface area contributed by atoms with Gasteiger partial charge in [0, 0.05) is 6.54 Å². The average Bonchev–Trinajstić information content (AvgIpc) is 2.63. The zero-order chi connectivity index (χ0) is 10.2. The topological polar surface area (TPSA) is 21.3 Å². The molecule has 0 atom stereocenters. The molecule has 0 spiro atoms. The third-order valence-corrected chi connectivity index (χ3v) is 2.66. The molecule has 1 N–H and O–H groups in total. The molecule has 1 saturated carbocycles. The summed E-state index contributed by atoms with van der Waals surface area (Å²) >= 11 is 0. The van der Waals surface area contributed by atoms with Crippen LogP contribution in [0.1, 0.15) is 39.0 Å². The van der Waals surface area contributed by atoms with Gasteiger partial charge in [-0.15, -0.1) is 6.58 Å². The monoisotopic (exact) mass is 197 g/mol. The first-order chi connectivity index (χ1) is 6.79. The van der Waals surface area contributed by atoms with Crippen LogP contribution in [0.4, 0.5) is 0 Å². The standard InChI is InChI=1S/C12H23NO/c1-11(2)7-8-13-9-10-14-12-5-3-4-6-12/h12-13H,1,3-10H2,2H3. The van der Waals surface area contributed by atoms with Crippen LogP contribution in [-0.2, 0) is 4.74 Å². The van der Waals surface area contributed by atoms with Gasteiger partial charge in [-0.3, -0.25) is 0 Å². The molecule has 0 amide bonds. The van der Waals surface area contributed by atoms with Crippen molar-refractivity contribution in [2.45, 2.75) is 45.1 Å². The Kier molecular flexibility index (Phi) is 5.88. The van der Waals surface area contributed by atoms with E-state index in [9.17, 15) is 0 Å². The van der Waals surface area contributed by atoms with Gasteiger partial charge in [0.2, 0.25) is 0 Å². The lowest BCUT2D eigenvalue weighted by atomic mass is 10.2. The summed E-state index contributed by atoms with van der Waals surface area (Å²) in [5, 5.41) is 3.35. The molecular formula is C12H23NO. The van der Waals surface area contributed by atoms with E-state index in [-0.39, 0.29) is 0 Å². The van der Waals surface area contributed by atoms with E-state index in [0.717, 1.165) is 26.1 Å². The zero-order valence-electron chi connectivity index (χ0n) is 9.35. The highest BCUT2D eigenvalue weighted by Gasteiger charge is 2.14. The van der Waals surface area contributed by atoms with Gasteiger partial charge in [-0.05, 0) is 32.7 Å². The molecule has 14 heavy (non-hydrogen) atoms. The van der Waals surface area contributed by atoms with Crippen molar-refractivity contribution in [3.63, 3.8) is 0 Å². The van der Waals surface area contributed by atoms with Crippen molar-refractivity contribution in [1.82, 2.24) is 5.32 Å². The molecule has 2 nitrogen and oxygen atoms in total. The van der Waals surface area contributed by atoms with Gasteiger partial charge >= 0.3 is 0 Å². The molecule has 0 unspecified atom stereocenters. The number of hydrogen-bond acceptors (Lipinski definition) is 2. The number of hydrogen-bond donors (Lipinski definition) is 1. The Morgan fingerprint density at radius 3 is 2.71 bits per heavy atom. The minimum atomic E-state index is 0.554. The van der Waals surface area contributed by atoms with E-state index in [0.29, 0.717) is 6.10 Å². The number of rotatable bonds is 7. The van der Waals surface area contributed by atoms with Crippen LogP contribution in [0.5, 0.6) is 0 Å². The third kappa shape index (κ3) is 5.40. The van der Waals surface area contributed by atoms with Gasteiger partial charge in [0.1, 0.15) is 0 Å². The van der Waals surface area contributed by atoms with E-state index in [1.165, 1.54) is 31.3 Å². The van der Waals surface area contributed by atoms with Crippen molar-refractivity contribution in [3.05, 3.63) is 12.2 Å². The summed E-state index contributed by atoms with van der Waals surface area (Å²) in [6.45, 7) is 8.80. The maximum absolute atomic E-state index is 5.73. The Balaban J connectivity index is 1.82. The fourth-order valence-electron chi connectivity index (χ4n) is 1.78. The second-order valence-electron chi connectivity index (χ2n) is 4.23. The lowest BCUT2D eigenvalue weighted by Gasteiger charge is -2.11. The lowest BCUT2D eigenvalue weighted by molar-refractivity contribution is 0.0605. The van der Waals surface area contributed by atoms with Crippen molar-refractivity contribution in [2.75, 3.05) is 19.7 Å². The zero-order valence-corrected chi connectivity index (χ0v) is 9.35. The van der Waals surface area contributed by atoms with Gasteiger partial charge in [0.25, 0.3) is 0 Å². The average molecular weight is 197 g/mol. The molecule has 2 heteroatoms. The molecule has 0 aliphatic heterocycles. The molecule has 1 rings (SSSR count). The van der Waals surface area contributed by atoms with E-state index in [1.54, 1.807) is 0 Å². The maximum Gasteiger partial charge on any atom is 0.0594 e. The number of ether oxygens (including phenoxy) is 1. The van der Waals surface area contributed by atoms with Gasteiger partial charge in [0.05, 0.1) is 12.7 Å². The van der Waals surface area contributed by atoms with Crippen molar-refractivity contribution < 1.29 is 4.74 Å². The highest BCUT2D eigenvalue weighted by atomic mass is 16.5. The predicted molar refractivity (Wildman–Crippen MR) is 60.5 cm³/mol. The minimum Gasteiger partial charge on any atom is -0.377 e. The van der Waals surface area contributed by atoms with Crippen LogP contribution in [0.3, 0.4) is 0 Å². The smallest absolute Gasteiger partial charge is 0.0594 e. The largest absolute Gasteiger partial charge is 0.377 e. The van der Waals surface area contributed by atoms with Crippen molar-refractivity contribution in [1.29, 1.82) is 0 Å². The van der Waals surface area contributed by atoms with E-state index in [2.05, 4.69) is 18.8 Å². The number of nitrogens with one attached hydrogen (secondary N) is 1. The van der Waals surface area contributed by atoms with Crippen molar-refractivity contribution in [2.24, 2.45) is 0 Å². The first kappa shape index (κ1) is 11.7. The normalized spacial score (nSPS) is 17.5. The van der Waals surface area contributed by atoms with E-state index >= 15 is 0 Å². The van der Waals surface area contributed by atoms with Gasteiger partial charge in [-0.1, -0.05) is 18.4 Å². The van der Waals surface area contributed by atoms with Gasteiger partial charge in [0.15, 0.2) is 0 Å². The molecule has 0 saturated heterocycles. The molecule has 1 aliphatic carbocycles. The Hall–Kier alpha value is -0.340. The molecule has 0 aromatic heterocycles. The fraction of sp³-hybridized carbons (Fsp3) is 0.833. The van der Waals surface area contributed by atoms with Crippen LogP contribution in [0.25, 0.3) is 0 Å². The van der Waals surface area contributed by atoms with Crippen LogP contribution in [0, 0.1) is 0 Å². The third-order valence-electron chi connectivity index (χ3n) is 2.66. The summed E-state index contributed by atoms with van der Waals surface area (Å²) in [4.78, 5) is 0. The molecule has 0 bridgehead atoms. The fourth-order valence-corrected chi connectivity index (χ4v) is 1.78. The maximum atomic E-state index is 5.73. The second kappa shape index (κ2) is 7.02. The van der Waals surface area contributed by atoms with Gasteiger partial charge in [-0.2, -0.15) is 0 Å². The Morgan fingerprint density at radius 1 is 1.36 bits per heavy atom. The van der Waals surface area contributed by atoms with E-state index in [4.69, 9.17) is 4.74 Å². The van der Waals surface area contributed by atoms with Crippen LogP contribution < -0.4 is 5.32 Å². The molecule has 0 aromatic carbocycles. The highest BCUT2D eigenvalue weighted by Crippen LogP contribution is 2.20. The molecule has 82 valence electrons. The SMILES string of the molecule is C=C(C)CCNCCOC1CCCC1. The summed E-state index contributed by atoms with van der Waals surface area (Å²) in [5.41, 5.74) is 1.24. The predicted octanol–water partition coefficient (Wildman–Crippen LogP) is 2.50. The van der Waals surface area contributed by atoms with Crippen LogP contribution >= 0.6 is 0 Å². The van der Waals surface area contributed by atoms with Crippen molar-refractivity contribution in [3.8, 4) is 0 Å². The Bertz CT molecular complexity index is 162. The summed E-state index contributed by atoms with van der Waals surface area (Å²) in [5.74, 6) is 0. The highest BCUT2D eigenvalue weighted by molar-refractivity contribution is 4.88. The second-order valence-corrected chi connectivity index (χ2v) is 4.23. The molecule has 1 aliphatic rings. The molecule has 0 aromatic rings. The molecular weight excluding hydrogens is 174 g/mol. The summed E-state index contributed by atoms with van der Waals surface area (Å²) in [6.07, 6.45) is 6.88. The first-order valence-electron chi connectivity index (χ1n) is 5.76. The molecule has 1 fully saturated rings. The Morgan fingerprint density at radius 2 is 2.07 bits per heavy atom. The van der Waals surface area contributed by atoms with E-state index < -0.39 is 0 Å². The Labute approximate surface area is 87.7 Å². The summed E-state index contributed by atoms with van der Waals surface area (Å²) in [7, 11) is 0. The quantitative estimate of drug-likeness (QED) is 0.500. The summed E-state index contributed by atoms with van der Waals surface area (Å²) < 4.78 is 5.73. The first-order valence-corrected chi connectivity index (χ1v) is 5.76. The lowest BCUT2D eigenvalue weighted by Crippen LogP contribution is -2.23.